The van der Waals surface area contributed by atoms with E-state index in [1.54, 1.807) is 0 Å². The molecule has 0 saturated heterocycles. The summed E-state index contributed by atoms with van der Waals surface area (Å²) in [7, 11) is 0. The van der Waals surface area contributed by atoms with Crippen LogP contribution in [0.1, 0.15) is 0 Å². The van der Waals surface area contributed by atoms with Gasteiger partial charge < -0.3 is 0 Å². The zero-order valence-corrected chi connectivity index (χ0v) is 7.28. The Kier molecular flexibility index (Phi) is 4.02. The van der Waals surface area contributed by atoms with Crippen molar-refractivity contribution in [1.29, 1.82) is 0 Å². The molecule has 0 aromatic carbocycles. The summed E-state index contributed by atoms with van der Waals surface area (Å²) in [5.41, 5.74) is 0. The number of aliphatic imine (C=N–C) groups is 1. The lowest BCUT2D eigenvalue weighted by atomic mass is 10.5. The molecule has 0 heterocycles. The number of halogens is 9. The first kappa shape index (κ1) is 15.5. The van der Waals surface area contributed by atoms with Crippen molar-refractivity contribution in [2.24, 2.45) is 4.99 Å². The van der Waals surface area contributed by atoms with Gasteiger partial charge in [-0.3, -0.25) is 4.79 Å². The monoisotopic (exact) mass is 276 g/mol. The lowest BCUT2D eigenvalue weighted by Gasteiger charge is -2.25. The van der Waals surface area contributed by atoms with Crippen LogP contribution in [0.5, 0.6) is 0 Å². The highest BCUT2D eigenvalue weighted by atomic mass is 19.4. The van der Waals surface area contributed by atoms with Gasteiger partial charge in [0.1, 0.15) is 0 Å². The van der Waals surface area contributed by atoms with Crippen molar-refractivity contribution in [2.45, 2.75) is 18.9 Å². The largest absolute Gasteiger partial charge is 0.503 e. The van der Waals surface area contributed by atoms with Crippen LogP contribution in [0.3, 0.4) is 0 Å². The Morgan fingerprint density at radius 1 is 0.882 bits per heavy atom. The summed E-state index contributed by atoms with van der Waals surface area (Å²) in [6.45, 7) is 0. The standard InChI is InChI=1S/C5HF9N2O/c6-3(7,8)15-1-2(17)16(4(9,10)11)5(12,13)14/h1H. The maximum atomic E-state index is 11.7. The normalized spacial score (nSPS) is 14.2. The maximum Gasteiger partial charge on any atom is 0.503 e. The van der Waals surface area contributed by atoms with Crippen LogP contribution in [0.2, 0.25) is 0 Å². The fraction of sp³-hybridized carbons (Fsp3) is 0.600. The van der Waals surface area contributed by atoms with E-state index < -0.39 is 35.9 Å². The van der Waals surface area contributed by atoms with Crippen molar-refractivity contribution in [2.75, 3.05) is 0 Å². The Morgan fingerprint density at radius 3 is 1.47 bits per heavy atom. The molecule has 0 saturated carbocycles. The minimum atomic E-state index is -6.20. The number of carbonyl (C=O) groups is 1. The molecule has 100 valence electrons. The molecule has 12 heteroatoms. The minimum absolute atomic E-state index is 1.11. The first-order valence-corrected chi connectivity index (χ1v) is 3.35. The molecular weight excluding hydrogens is 275 g/mol. The molecule has 0 spiro atoms. The molecule has 0 atom stereocenters. The summed E-state index contributed by atoms with van der Waals surface area (Å²) in [6, 6.07) is 0. The van der Waals surface area contributed by atoms with Crippen LogP contribution in [0.15, 0.2) is 4.99 Å². The molecule has 0 rings (SSSR count). The number of hydrogen-bond acceptors (Lipinski definition) is 2. The van der Waals surface area contributed by atoms with Crippen molar-refractivity contribution >= 4 is 12.1 Å². The second kappa shape index (κ2) is 4.41. The predicted molar refractivity (Wildman–Crippen MR) is 33.5 cm³/mol. The highest BCUT2D eigenvalue weighted by Gasteiger charge is 2.56. The minimum Gasteiger partial charge on any atom is -0.267 e. The fourth-order valence-electron chi connectivity index (χ4n) is 0.580. The van der Waals surface area contributed by atoms with Crippen LogP contribution in [0.25, 0.3) is 0 Å². The Balaban J connectivity index is 5.13. The van der Waals surface area contributed by atoms with Gasteiger partial charge in [-0.15, -0.1) is 39.5 Å². The van der Waals surface area contributed by atoms with Gasteiger partial charge in [0, 0.05) is 0 Å². The Hall–Kier alpha value is -1.49. The highest BCUT2D eigenvalue weighted by molar-refractivity contribution is 6.26. The molecule has 0 unspecified atom stereocenters. The second-order valence-corrected chi connectivity index (χ2v) is 2.34. The topological polar surface area (TPSA) is 32.7 Å². The summed E-state index contributed by atoms with van der Waals surface area (Å²) in [5, 5.41) is 0. The molecule has 0 aromatic rings. The van der Waals surface area contributed by atoms with Crippen molar-refractivity contribution in [3.05, 3.63) is 0 Å². The fourth-order valence-corrected chi connectivity index (χ4v) is 0.580. The third-order valence-electron chi connectivity index (χ3n) is 1.05. The lowest BCUT2D eigenvalue weighted by Crippen LogP contribution is -2.52. The van der Waals surface area contributed by atoms with E-state index in [4.69, 9.17) is 0 Å². The van der Waals surface area contributed by atoms with E-state index in [9.17, 15) is 44.3 Å². The van der Waals surface area contributed by atoms with Gasteiger partial charge in [-0.05, 0) is 0 Å². The number of hydrogen-bond donors (Lipinski definition) is 0. The highest BCUT2D eigenvalue weighted by Crippen LogP contribution is 2.33. The Bertz CT molecular complexity index is 297. The lowest BCUT2D eigenvalue weighted by molar-refractivity contribution is -0.353. The third-order valence-corrected chi connectivity index (χ3v) is 1.05. The van der Waals surface area contributed by atoms with E-state index in [1.807, 2.05) is 0 Å². The van der Waals surface area contributed by atoms with E-state index >= 15 is 0 Å². The van der Waals surface area contributed by atoms with Crippen LogP contribution in [0.4, 0.5) is 39.5 Å². The van der Waals surface area contributed by atoms with Crippen LogP contribution in [-0.4, -0.2) is 35.9 Å². The number of amides is 1. The molecule has 3 nitrogen and oxygen atoms in total. The van der Waals surface area contributed by atoms with E-state index in [2.05, 4.69) is 0 Å². The number of carbonyl (C=O) groups excluding carboxylic acids is 1. The van der Waals surface area contributed by atoms with E-state index in [1.165, 1.54) is 4.99 Å². The predicted octanol–water partition coefficient (Wildman–Crippen LogP) is 2.45. The molecule has 0 bridgehead atoms. The molecule has 0 aliphatic heterocycles. The molecule has 1 amide bonds. The number of alkyl halides is 9. The first-order chi connectivity index (χ1) is 7.25. The van der Waals surface area contributed by atoms with Crippen molar-refractivity contribution < 1.29 is 44.3 Å². The van der Waals surface area contributed by atoms with Crippen molar-refractivity contribution in [1.82, 2.24) is 4.90 Å². The number of nitrogens with zero attached hydrogens (tertiary/aromatic N) is 2. The third kappa shape index (κ3) is 5.40. The van der Waals surface area contributed by atoms with Gasteiger partial charge in [0.25, 0.3) is 5.91 Å². The quantitative estimate of drug-likeness (QED) is 0.411. The van der Waals surface area contributed by atoms with Gasteiger partial charge in [-0.2, -0.15) is 9.89 Å². The van der Waals surface area contributed by atoms with Crippen LogP contribution < -0.4 is 0 Å². The smallest absolute Gasteiger partial charge is 0.267 e. The molecule has 17 heavy (non-hydrogen) atoms. The van der Waals surface area contributed by atoms with Gasteiger partial charge in [-0.25, -0.2) is 0 Å². The van der Waals surface area contributed by atoms with Gasteiger partial charge >= 0.3 is 18.9 Å². The van der Waals surface area contributed by atoms with Gasteiger partial charge in [-0.1, -0.05) is 0 Å². The first-order valence-electron chi connectivity index (χ1n) is 3.35. The van der Waals surface area contributed by atoms with E-state index in [0.29, 0.717) is 0 Å². The maximum absolute atomic E-state index is 11.7. The van der Waals surface area contributed by atoms with Crippen molar-refractivity contribution in [3.63, 3.8) is 0 Å². The summed E-state index contributed by atoms with van der Waals surface area (Å²) < 4.78 is 104. The summed E-state index contributed by atoms with van der Waals surface area (Å²) in [6.07, 6.45) is -19.0. The van der Waals surface area contributed by atoms with Gasteiger partial charge in [0.15, 0.2) is 0 Å². The molecule has 0 aliphatic rings. The zero-order chi connectivity index (χ0) is 14.1. The molecule has 0 fully saturated rings. The number of rotatable bonds is 1. The molecule has 0 aromatic heterocycles. The van der Waals surface area contributed by atoms with Crippen molar-refractivity contribution in [3.8, 4) is 0 Å². The summed E-state index contributed by atoms with van der Waals surface area (Å²) >= 11 is 0. The molecule has 0 N–H and O–H groups in total. The SMILES string of the molecule is O=C(C=NC(F)(F)F)N(C(F)(F)F)C(F)(F)F. The van der Waals surface area contributed by atoms with Crippen LogP contribution in [0, 0.1) is 0 Å². The van der Waals surface area contributed by atoms with Crippen LogP contribution >= 0.6 is 0 Å². The zero-order valence-electron chi connectivity index (χ0n) is 7.28. The summed E-state index contributed by atoms with van der Waals surface area (Å²) in [5.74, 6) is -3.00. The Morgan fingerprint density at radius 2 is 1.24 bits per heavy atom. The summed E-state index contributed by atoms with van der Waals surface area (Å²) in [4.78, 5) is 8.98. The van der Waals surface area contributed by atoms with Crippen LogP contribution in [-0.2, 0) is 4.79 Å². The van der Waals surface area contributed by atoms with E-state index in [0.717, 1.165) is 0 Å². The average Bonchev–Trinajstić information content (AvgIpc) is 1.93. The molecule has 0 aliphatic carbocycles. The Labute approximate surface area is 86.5 Å². The van der Waals surface area contributed by atoms with Gasteiger partial charge in [0.05, 0.1) is 6.21 Å². The average molecular weight is 276 g/mol. The molecular formula is C5HF9N2O. The second-order valence-electron chi connectivity index (χ2n) is 2.34. The van der Waals surface area contributed by atoms with Gasteiger partial charge in [0.2, 0.25) is 0 Å². The van der Waals surface area contributed by atoms with E-state index in [-0.39, 0.29) is 0 Å². The molecule has 0 radical (unpaired) electrons.